The lowest BCUT2D eigenvalue weighted by Gasteiger charge is -2.24. The molecule has 2 aromatic carbocycles. The third kappa shape index (κ3) is 3.43. The van der Waals surface area contributed by atoms with E-state index in [0.29, 0.717) is 10.9 Å². The topological polar surface area (TPSA) is 20.2 Å². The lowest BCUT2D eigenvalue weighted by molar-refractivity contribution is 0.0574. The molecule has 1 atom stereocenters. The second-order valence-electron chi connectivity index (χ2n) is 5.05. The summed E-state index contributed by atoms with van der Waals surface area (Å²) in [6, 6.07) is 12.3. The minimum atomic E-state index is -0.978. The molecule has 0 aliphatic heterocycles. The quantitative estimate of drug-likeness (QED) is 0.890. The molecule has 0 saturated carbocycles. The van der Waals surface area contributed by atoms with E-state index >= 15 is 0 Å². The lowest BCUT2D eigenvalue weighted by Crippen LogP contribution is -2.24. The van der Waals surface area contributed by atoms with Crippen molar-refractivity contribution in [3.8, 4) is 0 Å². The van der Waals surface area contributed by atoms with Gasteiger partial charge in [-0.2, -0.15) is 0 Å². The Bertz CT molecular complexity index is 576. The first kappa shape index (κ1) is 14.2. The molecule has 100 valence electrons. The molecule has 2 aromatic rings. The molecule has 0 aliphatic carbocycles. The van der Waals surface area contributed by atoms with E-state index in [-0.39, 0.29) is 5.82 Å². The Labute approximate surface area is 121 Å². The third-order valence-corrected chi connectivity index (χ3v) is 3.96. The van der Waals surface area contributed by atoms with Gasteiger partial charge in [-0.25, -0.2) is 4.39 Å². The highest BCUT2D eigenvalue weighted by Gasteiger charge is 2.24. The second-order valence-corrected chi connectivity index (χ2v) is 5.91. The fraction of sp³-hybridized carbons (Fsp3) is 0.250. The van der Waals surface area contributed by atoms with Crippen LogP contribution in [0.3, 0.4) is 0 Å². The molecule has 0 bridgehead atoms. The Morgan fingerprint density at radius 1 is 1.16 bits per heavy atom. The van der Waals surface area contributed by atoms with Crippen molar-refractivity contribution in [1.82, 2.24) is 0 Å². The molecule has 1 unspecified atom stereocenters. The standard InChI is InChI=1S/C16H16BrFO/c1-11-3-6-13(7-4-11)16(2,19)10-12-5-8-14(18)9-15(12)17/h3-9,19H,10H2,1-2H3. The van der Waals surface area contributed by atoms with Gasteiger partial charge in [0.1, 0.15) is 5.82 Å². The highest BCUT2D eigenvalue weighted by molar-refractivity contribution is 9.10. The number of benzene rings is 2. The molecule has 0 radical (unpaired) electrons. The summed E-state index contributed by atoms with van der Waals surface area (Å²) < 4.78 is 13.7. The summed E-state index contributed by atoms with van der Waals surface area (Å²) in [4.78, 5) is 0. The maximum Gasteiger partial charge on any atom is 0.124 e. The average molecular weight is 323 g/mol. The van der Waals surface area contributed by atoms with Crippen LogP contribution in [0.15, 0.2) is 46.9 Å². The minimum absolute atomic E-state index is 0.286. The molecule has 0 amide bonds. The largest absolute Gasteiger partial charge is 0.385 e. The van der Waals surface area contributed by atoms with Gasteiger partial charge in [-0.1, -0.05) is 51.8 Å². The summed E-state index contributed by atoms with van der Waals surface area (Å²) in [5, 5.41) is 10.6. The molecular weight excluding hydrogens is 307 g/mol. The first-order valence-electron chi connectivity index (χ1n) is 6.12. The Hall–Kier alpha value is -1.19. The Balaban J connectivity index is 2.27. The molecule has 0 saturated heterocycles. The van der Waals surface area contributed by atoms with Gasteiger partial charge in [-0.3, -0.25) is 0 Å². The van der Waals surface area contributed by atoms with E-state index in [1.807, 2.05) is 31.2 Å². The summed E-state index contributed by atoms with van der Waals surface area (Å²) in [7, 11) is 0. The summed E-state index contributed by atoms with van der Waals surface area (Å²) in [6.45, 7) is 3.78. The van der Waals surface area contributed by atoms with Crippen molar-refractivity contribution in [3.05, 3.63) is 69.4 Å². The Morgan fingerprint density at radius 2 is 1.79 bits per heavy atom. The average Bonchev–Trinajstić information content (AvgIpc) is 2.33. The normalized spacial score (nSPS) is 14.2. The zero-order valence-corrected chi connectivity index (χ0v) is 12.5. The first-order chi connectivity index (χ1) is 8.88. The highest BCUT2D eigenvalue weighted by atomic mass is 79.9. The van der Waals surface area contributed by atoms with E-state index in [4.69, 9.17) is 0 Å². The molecule has 0 aliphatic rings. The monoisotopic (exact) mass is 322 g/mol. The third-order valence-electron chi connectivity index (χ3n) is 3.22. The van der Waals surface area contributed by atoms with E-state index in [0.717, 1.165) is 16.7 Å². The molecule has 0 heterocycles. The smallest absolute Gasteiger partial charge is 0.124 e. The van der Waals surface area contributed by atoms with Gasteiger partial charge in [-0.05, 0) is 37.1 Å². The molecule has 3 heteroatoms. The summed E-state index contributed by atoms with van der Waals surface area (Å²) in [5.41, 5.74) is 1.91. The van der Waals surface area contributed by atoms with Gasteiger partial charge >= 0.3 is 0 Å². The van der Waals surface area contributed by atoms with Crippen molar-refractivity contribution in [2.45, 2.75) is 25.9 Å². The van der Waals surface area contributed by atoms with Crippen LogP contribution in [-0.4, -0.2) is 5.11 Å². The molecule has 0 spiro atoms. The lowest BCUT2D eigenvalue weighted by atomic mass is 9.89. The number of rotatable bonds is 3. The van der Waals surface area contributed by atoms with Gasteiger partial charge < -0.3 is 5.11 Å². The zero-order valence-electron chi connectivity index (χ0n) is 11.0. The van der Waals surface area contributed by atoms with Crippen LogP contribution in [0.1, 0.15) is 23.6 Å². The van der Waals surface area contributed by atoms with Gasteiger partial charge in [0.25, 0.3) is 0 Å². The molecule has 2 rings (SSSR count). The van der Waals surface area contributed by atoms with Crippen LogP contribution in [0, 0.1) is 12.7 Å². The number of aryl methyl sites for hydroxylation is 1. The number of halogens is 2. The van der Waals surface area contributed by atoms with Gasteiger partial charge in [0, 0.05) is 10.9 Å². The second kappa shape index (κ2) is 5.43. The molecule has 19 heavy (non-hydrogen) atoms. The van der Waals surface area contributed by atoms with Crippen LogP contribution < -0.4 is 0 Å². The van der Waals surface area contributed by atoms with Crippen LogP contribution >= 0.6 is 15.9 Å². The summed E-state index contributed by atoms with van der Waals surface area (Å²) in [6.07, 6.45) is 0.428. The maximum absolute atomic E-state index is 13.1. The fourth-order valence-corrected chi connectivity index (χ4v) is 2.54. The molecule has 0 fully saturated rings. The minimum Gasteiger partial charge on any atom is -0.385 e. The van der Waals surface area contributed by atoms with Crippen LogP contribution in [0.5, 0.6) is 0 Å². The fourth-order valence-electron chi connectivity index (χ4n) is 2.05. The van der Waals surface area contributed by atoms with E-state index in [9.17, 15) is 9.50 Å². The Kier molecular flexibility index (Phi) is 4.07. The van der Waals surface area contributed by atoms with Crippen molar-refractivity contribution in [2.24, 2.45) is 0 Å². The van der Waals surface area contributed by atoms with Crippen molar-refractivity contribution in [1.29, 1.82) is 0 Å². The summed E-state index contributed by atoms with van der Waals surface area (Å²) >= 11 is 3.33. The first-order valence-corrected chi connectivity index (χ1v) is 6.91. The predicted molar refractivity (Wildman–Crippen MR) is 78.6 cm³/mol. The van der Waals surface area contributed by atoms with Crippen LogP contribution in [0.4, 0.5) is 4.39 Å². The zero-order chi connectivity index (χ0) is 14.0. The molecule has 1 N–H and O–H groups in total. The SMILES string of the molecule is Cc1ccc(C(C)(O)Cc2ccc(F)cc2Br)cc1. The van der Waals surface area contributed by atoms with Crippen molar-refractivity contribution in [3.63, 3.8) is 0 Å². The van der Waals surface area contributed by atoms with E-state index in [1.165, 1.54) is 12.1 Å². The predicted octanol–water partition coefficient (Wildman–Crippen LogP) is 4.35. The molecular formula is C16H16BrFO. The number of hydrogen-bond donors (Lipinski definition) is 1. The van der Waals surface area contributed by atoms with E-state index in [1.54, 1.807) is 13.0 Å². The van der Waals surface area contributed by atoms with Crippen LogP contribution in [-0.2, 0) is 12.0 Å². The summed E-state index contributed by atoms with van der Waals surface area (Å²) in [5.74, 6) is -0.286. The number of hydrogen-bond acceptors (Lipinski definition) is 1. The molecule has 0 aromatic heterocycles. The van der Waals surface area contributed by atoms with Gasteiger partial charge in [0.2, 0.25) is 0 Å². The van der Waals surface area contributed by atoms with Gasteiger partial charge in [-0.15, -0.1) is 0 Å². The Morgan fingerprint density at radius 3 is 2.37 bits per heavy atom. The van der Waals surface area contributed by atoms with E-state index in [2.05, 4.69) is 15.9 Å². The van der Waals surface area contributed by atoms with Crippen molar-refractivity contribution >= 4 is 15.9 Å². The van der Waals surface area contributed by atoms with Gasteiger partial charge in [0.15, 0.2) is 0 Å². The van der Waals surface area contributed by atoms with Crippen LogP contribution in [0.25, 0.3) is 0 Å². The van der Waals surface area contributed by atoms with Crippen LogP contribution in [0.2, 0.25) is 0 Å². The van der Waals surface area contributed by atoms with Crippen molar-refractivity contribution < 1.29 is 9.50 Å². The molecule has 1 nitrogen and oxygen atoms in total. The van der Waals surface area contributed by atoms with Gasteiger partial charge in [0.05, 0.1) is 5.60 Å². The van der Waals surface area contributed by atoms with Crippen molar-refractivity contribution in [2.75, 3.05) is 0 Å². The van der Waals surface area contributed by atoms with E-state index < -0.39 is 5.60 Å². The highest BCUT2D eigenvalue weighted by Crippen LogP contribution is 2.29. The maximum atomic E-state index is 13.1. The number of aliphatic hydroxyl groups is 1.